The topological polar surface area (TPSA) is 49.4 Å². The molecule has 0 heterocycles. The van der Waals surface area contributed by atoms with Gasteiger partial charge in [-0.1, -0.05) is 54.6 Å². The lowest BCUT2D eigenvalue weighted by Crippen LogP contribution is -2.37. The Hall–Kier alpha value is -1.69. The van der Waals surface area contributed by atoms with Crippen LogP contribution in [0.3, 0.4) is 0 Å². The minimum Gasteiger partial charge on any atom is -0.195 e. The van der Waals surface area contributed by atoms with Crippen molar-refractivity contribution < 1.29 is 8.42 Å². The molecule has 2 aromatic carbocycles. The Morgan fingerprint density at radius 1 is 0.905 bits per heavy atom. The lowest BCUT2D eigenvalue weighted by Gasteiger charge is -2.18. The first-order chi connectivity index (χ1) is 9.90. The van der Waals surface area contributed by atoms with E-state index < -0.39 is 10.2 Å². The van der Waals surface area contributed by atoms with Crippen LogP contribution in [0.4, 0.5) is 0 Å². The van der Waals surface area contributed by atoms with E-state index in [4.69, 9.17) is 0 Å². The van der Waals surface area contributed by atoms with Gasteiger partial charge in [-0.15, -0.1) is 0 Å². The first-order valence-electron chi connectivity index (χ1n) is 6.75. The Morgan fingerprint density at radius 3 is 1.95 bits per heavy atom. The average Bonchev–Trinajstić information content (AvgIpc) is 2.48. The Labute approximate surface area is 126 Å². The fourth-order valence-electron chi connectivity index (χ4n) is 1.99. The summed E-state index contributed by atoms with van der Waals surface area (Å²) in [4.78, 5) is 0. The highest BCUT2D eigenvalue weighted by atomic mass is 32.2. The number of nitrogens with zero attached hydrogens (tertiary/aromatic N) is 1. The van der Waals surface area contributed by atoms with E-state index >= 15 is 0 Å². The summed E-state index contributed by atoms with van der Waals surface area (Å²) in [5.41, 5.74) is 3.19. The highest BCUT2D eigenvalue weighted by Crippen LogP contribution is 2.22. The van der Waals surface area contributed by atoms with Crippen LogP contribution in [0.15, 0.2) is 54.6 Å². The summed E-state index contributed by atoms with van der Waals surface area (Å²) in [6.07, 6.45) is 0. The fraction of sp³-hybridized carbons (Fsp3) is 0.250. The van der Waals surface area contributed by atoms with E-state index in [1.807, 2.05) is 61.5 Å². The van der Waals surface area contributed by atoms with Crippen LogP contribution >= 0.6 is 0 Å². The molecule has 21 heavy (non-hydrogen) atoms. The van der Waals surface area contributed by atoms with Gasteiger partial charge in [-0.25, -0.2) is 0 Å². The molecule has 2 rings (SSSR count). The molecule has 0 spiro atoms. The van der Waals surface area contributed by atoms with Crippen LogP contribution in [0.5, 0.6) is 0 Å². The zero-order valence-electron chi connectivity index (χ0n) is 12.4. The summed E-state index contributed by atoms with van der Waals surface area (Å²) in [5.74, 6) is 0. The number of hydrogen-bond donors (Lipinski definition) is 1. The van der Waals surface area contributed by atoms with Gasteiger partial charge < -0.3 is 0 Å². The Bertz CT molecular complexity index is 680. The second-order valence-electron chi connectivity index (χ2n) is 5.12. The largest absolute Gasteiger partial charge is 0.279 e. The maximum Gasteiger partial charge on any atom is 0.279 e. The number of nitrogens with one attached hydrogen (secondary N) is 1. The van der Waals surface area contributed by atoms with Crippen LogP contribution in [-0.4, -0.2) is 26.8 Å². The molecule has 5 heteroatoms. The minimum atomic E-state index is -3.42. The normalized spacial score (nSPS) is 13.3. The number of rotatable bonds is 5. The summed E-state index contributed by atoms with van der Waals surface area (Å²) < 4.78 is 27.4. The predicted octanol–water partition coefficient (Wildman–Crippen LogP) is 2.81. The van der Waals surface area contributed by atoms with Crippen molar-refractivity contribution in [3.05, 3.63) is 60.2 Å². The van der Waals surface area contributed by atoms with Crippen molar-refractivity contribution in [2.45, 2.75) is 13.0 Å². The van der Waals surface area contributed by atoms with E-state index in [0.717, 1.165) is 16.7 Å². The molecule has 0 aromatic heterocycles. The SMILES string of the molecule is C[C@H](NS(=O)(=O)N(C)C)c1ccc(-c2ccccc2)cc1. The van der Waals surface area contributed by atoms with E-state index in [1.165, 1.54) is 18.4 Å². The molecule has 0 fully saturated rings. The summed E-state index contributed by atoms with van der Waals surface area (Å²) >= 11 is 0. The minimum absolute atomic E-state index is 0.276. The van der Waals surface area contributed by atoms with Crippen LogP contribution in [0, 0.1) is 0 Å². The molecule has 0 aliphatic rings. The molecule has 0 saturated carbocycles. The van der Waals surface area contributed by atoms with Crippen molar-refractivity contribution >= 4 is 10.2 Å². The summed E-state index contributed by atoms with van der Waals surface area (Å²) in [6, 6.07) is 17.7. The van der Waals surface area contributed by atoms with Gasteiger partial charge in [0, 0.05) is 20.1 Å². The van der Waals surface area contributed by atoms with Crippen LogP contribution in [0.1, 0.15) is 18.5 Å². The van der Waals surface area contributed by atoms with Crippen molar-refractivity contribution in [2.75, 3.05) is 14.1 Å². The monoisotopic (exact) mass is 304 g/mol. The lowest BCUT2D eigenvalue weighted by molar-refractivity contribution is 0.494. The van der Waals surface area contributed by atoms with Crippen molar-refractivity contribution in [1.82, 2.24) is 9.03 Å². The predicted molar refractivity (Wildman–Crippen MR) is 86.0 cm³/mol. The lowest BCUT2D eigenvalue weighted by atomic mass is 10.0. The molecular weight excluding hydrogens is 284 g/mol. The summed E-state index contributed by atoms with van der Waals surface area (Å²) in [7, 11) is -0.410. The third-order valence-electron chi connectivity index (χ3n) is 3.32. The van der Waals surface area contributed by atoms with Gasteiger partial charge in [0.15, 0.2) is 0 Å². The van der Waals surface area contributed by atoms with Crippen LogP contribution in [0.25, 0.3) is 11.1 Å². The van der Waals surface area contributed by atoms with Gasteiger partial charge in [0.05, 0.1) is 0 Å². The highest BCUT2D eigenvalue weighted by molar-refractivity contribution is 7.87. The Morgan fingerprint density at radius 2 is 1.43 bits per heavy atom. The van der Waals surface area contributed by atoms with Gasteiger partial charge in [-0.05, 0) is 23.6 Å². The number of hydrogen-bond acceptors (Lipinski definition) is 2. The van der Waals surface area contributed by atoms with E-state index in [2.05, 4.69) is 4.72 Å². The van der Waals surface area contributed by atoms with Gasteiger partial charge >= 0.3 is 0 Å². The molecule has 0 saturated heterocycles. The van der Waals surface area contributed by atoms with Gasteiger partial charge in [0.25, 0.3) is 10.2 Å². The maximum atomic E-state index is 11.8. The molecule has 2 aromatic rings. The zero-order valence-corrected chi connectivity index (χ0v) is 13.3. The Kier molecular flexibility index (Phi) is 4.77. The van der Waals surface area contributed by atoms with Crippen LogP contribution in [-0.2, 0) is 10.2 Å². The van der Waals surface area contributed by atoms with Gasteiger partial charge in [-0.2, -0.15) is 17.4 Å². The molecule has 1 atom stereocenters. The second-order valence-corrected chi connectivity index (χ2v) is 7.03. The third kappa shape index (κ3) is 3.91. The van der Waals surface area contributed by atoms with E-state index in [1.54, 1.807) is 0 Å². The zero-order chi connectivity index (χ0) is 15.5. The fourth-order valence-corrected chi connectivity index (χ4v) is 2.79. The van der Waals surface area contributed by atoms with Crippen molar-refractivity contribution in [1.29, 1.82) is 0 Å². The van der Waals surface area contributed by atoms with Crippen molar-refractivity contribution in [3.8, 4) is 11.1 Å². The molecule has 1 N–H and O–H groups in total. The van der Waals surface area contributed by atoms with Crippen LogP contribution < -0.4 is 4.72 Å². The quantitative estimate of drug-likeness (QED) is 0.923. The van der Waals surface area contributed by atoms with Crippen molar-refractivity contribution in [3.63, 3.8) is 0 Å². The third-order valence-corrected chi connectivity index (χ3v) is 4.94. The summed E-state index contributed by atoms with van der Waals surface area (Å²) in [6.45, 7) is 1.83. The van der Waals surface area contributed by atoms with Gasteiger partial charge in [0.1, 0.15) is 0 Å². The second kappa shape index (κ2) is 6.39. The molecule has 0 aliphatic carbocycles. The molecule has 4 nitrogen and oxygen atoms in total. The molecule has 0 radical (unpaired) electrons. The first-order valence-corrected chi connectivity index (χ1v) is 8.19. The van der Waals surface area contributed by atoms with Crippen LogP contribution in [0.2, 0.25) is 0 Å². The number of benzene rings is 2. The highest BCUT2D eigenvalue weighted by Gasteiger charge is 2.17. The molecule has 0 unspecified atom stereocenters. The summed E-state index contributed by atoms with van der Waals surface area (Å²) in [5, 5.41) is 0. The first kappa shape index (κ1) is 15.7. The van der Waals surface area contributed by atoms with E-state index in [9.17, 15) is 8.42 Å². The molecule has 0 bridgehead atoms. The average molecular weight is 304 g/mol. The molecule has 0 aliphatic heterocycles. The van der Waals surface area contributed by atoms with E-state index in [-0.39, 0.29) is 6.04 Å². The molecular formula is C16H20N2O2S. The Balaban J connectivity index is 2.16. The molecule has 112 valence electrons. The molecule has 0 amide bonds. The van der Waals surface area contributed by atoms with Gasteiger partial charge in [0.2, 0.25) is 0 Å². The standard InChI is InChI=1S/C16H20N2O2S/c1-13(17-21(19,20)18(2)3)14-9-11-16(12-10-14)15-7-5-4-6-8-15/h4-13,17H,1-3H3/t13-/m0/s1. The van der Waals surface area contributed by atoms with Gasteiger partial charge in [-0.3, -0.25) is 0 Å². The van der Waals surface area contributed by atoms with Crippen molar-refractivity contribution in [2.24, 2.45) is 0 Å². The smallest absolute Gasteiger partial charge is 0.195 e. The van der Waals surface area contributed by atoms with E-state index in [0.29, 0.717) is 0 Å². The maximum absolute atomic E-state index is 11.8.